The van der Waals surface area contributed by atoms with Crippen molar-refractivity contribution in [1.29, 1.82) is 0 Å². The number of hydrogen-bond acceptors (Lipinski definition) is 5. The van der Waals surface area contributed by atoms with E-state index in [0.29, 0.717) is 6.54 Å². The SMILES string of the molecule is CC(NS(=O)(=O)c1cnn(C)c1)C(=O)NCC1CCCN1.Cl. The van der Waals surface area contributed by atoms with Crippen molar-refractivity contribution in [1.82, 2.24) is 25.1 Å². The van der Waals surface area contributed by atoms with Crippen molar-refractivity contribution in [2.45, 2.75) is 36.7 Å². The van der Waals surface area contributed by atoms with Gasteiger partial charge in [-0.2, -0.15) is 9.82 Å². The Hall–Kier alpha value is -1.16. The minimum absolute atomic E-state index is 0. The molecule has 0 aromatic carbocycles. The van der Waals surface area contributed by atoms with Crippen molar-refractivity contribution in [3.05, 3.63) is 12.4 Å². The second-order valence-corrected chi connectivity index (χ2v) is 6.95. The molecule has 2 unspecified atom stereocenters. The number of amides is 1. The smallest absolute Gasteiger partial charge is 0.244 e. The second-order valence-electron chi connectivity index (χ2n) is 5.23. The molecule has 1 aliphatic heterocycles. The fraction of sp³-hybridized carbons (Fsp3) is 0.667. The van der Waals surface area contributed by atoms with Crippen molar-refractivity contribution in [2.75, 3.05) is 13.1 Å². The molecule has 0 radical (unpaired) electrons. The van der Waals surface area contributed by atoms with Gasteiger partial charge >= 0.3 is 0 Å². The Kier molecular flexibility index (Phi) is 6.79. The zero-order valence-electron chi connectivity index (χ0n) is 12.6. The average molecular weight is 352 g/mol. The zero-order valence-corrected chi connectivity index (χ0v) is 14.2. The van der Waals surface area contributed by atoms with Gasteiger partial charge in [0.2, 0.25) is 15.9 Å². The van der Waals surface area contributed by atoms with E-state index in [9.17, 15) is 13.2 Å². The van der Waals surface area contributed by atoms with Crippen LogP contribution in [0.25, 0.3) is 0 Å². The molecular weight excluding hydrogens is 330 g/mol. The van der Waals surface area contributed by atoms with Crippen molar-refractivity contribution in [3.63, 3.8) is 0 Å². The summed E-state index contributed by atoms with van der Waals surface area (Å²) in [6.45, 7) is 2.99. The Morgan fingerprint density at radius 3 is 2.86 bits per heavy atom. The van der Waals surface area contributed by atoms with Crippen molar-refractivity contribution in [2.24, 2.45) is 7.05 Å². The normalized spacial score (nSPS) is 19.5. The first kappa shape index (κ1) is 18.9. The van der Waals surface area contributed by atoms with E-state index in [-0.39, 0.29) is 29.3 Å². The second kappa shape index (κ2) is 7.91. The van der Waals surface area contributed by atoms with Gasteiger partial charge in [0.05, 0.1) is 12.2 Å². The maximum Gasteiger partial charge on any atom is 0.244 e. The Morgan fingerprint density at radius 1 is 1.59 bits per heavy atom. The number of carbonyl (C=O) groups is 1. The van der Waals surface area contributed by atoms with E-state index >= 15 is 0 Å². The number of aryl methyl sites for hydroxylation is 1. The first-order valence-electron chi connectivity index (χ1n) is 6.90. The molecule has 0 saturated carbocycles. The van der Waals surface area contributed by atoms with Crippen LogP contribution >= 0.6 is 12.4 Å². The number of nitrogens with zero attached hydrogens (tertiary/aromatic N) is 2. The summed E-state index contributed by atoms with van der Waals surface area (Å²) in [6.07, 6.45) is 4.75. The lowest BCUT2D eigenvalue weighted by molar-refractivity contribution is -0.122. The van der Waals surface area contributed by atoms with Gasteiger partial charge in [0, 0.05) is 25.8 Å². The van der Waals surface area contributed by atoms with Crippen LogP contribution in [0.3, 0.4) is 0 Å². The Labute approximate surface area is 136 Å². The number of aromatic nitrogens is 2. The van der Waals surface area contributed by atoms with Gasteiger partial charge in [-0.3, -0.25) is 9.48 Å². The molecule has 0 spiro atoms. The molecule has 0 bridgehead atoms. The minimum atomic E-state index is -3.73. The summed E-state index contributed by atoms with van der Waals surface area (Å²) in [5.41, 5.74) is 0. The monoisotopic (exact) mass is 351 g/mol. The molecule has 1 amide bonds. The van der Waals surface area contributed by atoms with Crippen LogP contribution in [-0.2, 0) is 21.9 Å². The Morgan fingerprint density at radius 2 is 2.32 bits per heavy atom. The number of rotatable bonds is 6. The van der Waals surface area contributed by atoms with Crippen molar-refractivity contribution >= 4 is 28.3 Å². The fourth-order valence-corrected chi connectivity index (χ4v) is 3.39. The van der Waals surface area contributed by atoms with Crippen LogP contribution in [-0.4, -0.2) is 49.3 Å². The standard InChI is InChI=1S/C12H21N5O3S.ClH/c1-9(12(18)14-6-10-4-3-5-13-10)16-21(19,20)11-7-15-17(2)8-11;/h7-10,13,16H,3-6H2,1-2H3,(H,14,18);1H. The molecule has 10 heteroatoms. The van der Waals surface area contributed by atoms with Crippen LogP contribution in [0.2, 0.25) is 0 Å². The van der Waals surface area contributed by atoms with Crippen LogP contribution in [0.4, 0.5) is 0 Å². The summed E-state index contributed by atoms with van der Waals surface area (Å²) in [5, 5.41) is 9.83. The van der Waals surface area contributed by atoms with E-state index < -0.39 is 16.1 Å². The Balaban J connectivity index is 0.00000242. The quantitative estimate of drug-likeness (QED) is 0.633. The van der Waals surface area contributed by atoms with Gasteiger partial charge in [-0.1, -0.05) is 0 Å². The molecule has 1 aromatic rings. The molecule has 1 fully saturated rings. The van der Waals surface area contributed by atoms with Crippen molar-refractivity contribution in [3.8, 4) is 0 Å². The number of carbonyl (C=O) groups excluding carboxylic acids is 1. The molecule has 2 rings (SSSR count). The minimum Gasteiger partial charge on any atom is -0.353 e. The highest BCUT2D eigenvalue weighted by molar-refractivity contribution is 7.89. The highest BCUT2D eigenvalue weighted by atomic mass is 35.5. The van der Waals surface area contributed by atoms with Gasteiger partial charge in [0.1, 0.15) is 4.90 Å². The van der Waals surface area contributed by atoms with Crippen LogP contribution in [0, 0.1) is 0 Å². The van der Waals surface area contributed by atoms with Crippen LogP contribution in [0.15, 0.2) is 17.3 Å². The van der Waals surface area contributed by atoms with Gasteiger partial charge in [0.15, 0.2) is 0 Å². The lowest BCUT2D eigenvalue weighted by Gasteiger charge is -2.16. The van der Waals surface area contributed by atoms with E-state index in [1.54, 1.807) is 7.05 Å². The summed E-state index contributed by atoms with van der Waals surface area (Å²) in [5.74, 6) is -0.337. The zero-order chi connectivity index (χ0) is 15.5. The molecule has 126 valence electrons. The van der Waals surface area contributed by atoms with E-state index in [2.05, 4.69) is 20.5 Å². The highest BCUT2D eigenvalue weighted by Gasteiger charge is 2.24. The third-order valence-corrected chi connectivity index (χ3v) is 4.90. The molecule has 1 aliphatic rings. The van der Waals surface area contributed by atoms with Gasteiger partial charge < -0.3 is 10.6 Å². The van der Waals surface area contributed by atoms with Crippen LogP contribution in [0.5, 0.6) is 0 Å². The molecule has 2 heterocycles. The predicted octanol–water partition coefficient (Wildman–Crippen LogP) is -0.623. The fourth-order valence-electron chi connectivity index (χ4n) is 2.20. The van der Waals surface area contributed by atoms with E-state index in [0.717, 1.165) is 19.4 Å². The number of halogens is 1. The predicted molar refractivity (Wildman–Crippen MR) is 84.3 cm³/mol. The Bertz CT molecular complexity index is 598. The molecule has 8 nitrogen and oxygen atoms in total. The first-order chi connectivity index (χ1) is 9.88. The van der Waals surface area contributed by atoms with Crippen LogP contribution < -0.4 is 15.4 Å². The lowest BCUT2D eigenvalue weighted by atomic mass is 10.2. The number of nitrogens with one attached hydrogen (secondary N) is 3. The van der Waals surface area contributed by atoms with E-state index in [4.69, 9.17) is 0 Å². The van der Waals surface area contributed by atoms with Crippen LogP contribution in [0.1, 0.15) is 19.8 Å². The summed E-state index contributed by atoms with van der Waals surface area (Å²) >= 11 is 0. The third-order valence-electron chi connectivity index (χ3n) is 3.40. The molecule has 22 heavy (non-hydrogen) atoms. The molecule has 1 aromatic heterocycles. The number of sulfonamides is 1. The largest absolute Gasteiger partial charge is 0.353 e. The molecule has 3 N–H and O–H groups in total. The summed E-state index contributed by atoms with van der Waals surface area (Å²) in [4.78, 5) is 12.0. The maximum absolute atomic E-state index is 12.1. The summed E-state index contributed by atoms with van der Waals surface area (Å²) in [6, 6.07) is -0.562. The van der Waals surface area contributed by atoms with Gasteiger partial charge in [-0.25, -0.2) is 8.42 Å². The molecule has 2 atom stereocenters. The van der Waals surface area contributed by atoms with Crippen molar-refractivity contribution < 1.29 is 13.2 Å². The average Bonchev–Trinajstić information content (AvgIpc) is 3.06. The van der Waals surface area contributed by atoms with E-state index in [1.165, 1.54) is 24.0 Å². The van der Waals surface area contributed by atoms with E-state index in [1.807, 2.05) is 0 Å². The van der Waals surface area contributed by atoms with Gasteiger partial charge in [-0.05, 0) is 26.3 Å². The molecule has 0 aliphatic carbocycles. The number of hydrogen-bond donors (Lipinski definition) is 3. The molecule has 1 saturated heterocycles. The van der Waals surface area contributed by atoms with Gasteiger partial charge in [-0.15, -0.1) is 12.4 Å². The summed E-state index contributed by atoms with van der Waals surface area (Å²) in [7, 11) is -2.10. The first-order valence-corrected chi connectivity index (χ1v) is 8.39. The third kappa shape index (κ3) is 4.94. The molecular formula is C12H22ClN5O3S. The summed E-state index contributed by atoms with van der Waals surface area (Å²) < 4.78 is 27.9. The maximum atomic E-state index is 12.1. The highest BCUT2D eigenvalue weighted by Crippen LogP contribution is 2.07. The topological polar surface area (TPSA) is 105 Å². The van der Waals surface area contributed by atoms with Gasteiger partial charge in [0.25, 0.3) is 0 Å². The lowest BCUT2D eigenvalue weighted by Crippen LogP contribution is -2.47.